The van der Waals surface area contributed by atoms with Gasteiger partial charge in [0.2, 0.25) is 0 Å². The van der Waals surface area contributed by atoms with E-state index in [9.17, 15) is 28.9 Å². The highest BCUT2D eigenvalue weighted by molar-refractivity contribution is 5.70. The van der Waals surface area contributed by atoms with Gasteiger partial charge < -0.3 is 20.1 Å². The quantitative estimate of drug-likeness (QED) is 0.699. The Morgan fingerprint density at radius 3 is 2.58 bits per heavy atom. The summed E-state index contributed by atoms with van der Waals surface area (Å²) in [5.74, 6) is -4.03. The second-order valence-corrected chi connectivity index (χ2v) is 3.85. The molecule has 1 rings (SSSR count). The monoisotopic (exact) mass is 276 g/mol. The summed E-state index contributed by atoms with van der Waals surface area (Å²) >= 11 is 0. The van der Waals surface area contributed by atoms with Crippen molar-refractivity contribution < 1.29 is 33.6 Å². The number of phenols is 1. The van der Waals surface area contributed by atoms with Crippen molar-refractivity contribution in [3.05, 3.63) is 29.3 Å². The number of aliphatic hydroxyl groups excluding tert-OH is 2. The zero-order valence-electron chi connectivity index (χ0n) is 10.1. The minimum Gasteiger partial charge on any atom is -0.505 e. The molecule has 0 amide bonds. The summed E-state index contributed by atoms with van der Waals surface area (Å²) < 4.78 is 30.6. The van der Waals surface area contributed by atoms with Crippen LogP contribution in [0.2, 0.25) is 0 Å². The second kappa shape index (κ2) is 6.44. The van der Waals surface area contributed by atoms with Gasteiger partial charge in [-0.3, -0.25) is 4.79 Å². The van der Waals surface area contributed by atoms with E-state index in [1.165, 1.54) is 0 Å². The SMILES string of the molecule is CCOC(=O)CC(O)C(O)c1cc(F)cc(F)c1O. The number of aliphatic hydroxyl groups is 2. The van der Waals surface area contributed by atoms with Crippen LogP contribution in [0.25, 0.3) is 0 Å². The van der Waals surface area contributed by atoms with Crippen LogP contribution in [0.4, 0.5) is 8.78 Å². The fraction of sp³-hybridized carbons (Fsp3) is 0.417. The van der Waals surface area contributed by atoms with E-state index in [0.717, 1.165) is 0 Å². The van der Waals surface area contributed by atoms with Crippen molar-refractivity contribution in [2.24, 2.45) is 0 Å². The van der Waals surface area contributed by atoms with E-state index in [1.807, 2.05) is 0 Å². The van der Waals surface area contributed by atoms with Crippen LogP contribution >= 0.6 is 0 Å². The molecule has 5 nitrogen and oxygen atoms in total. The van der Waals surface area contributed by atoms with Crippen LogP contribution in [0.3, 0.4) is 0 Å². The standard InChI is InChI=1S/C12H14F2O5/c1-2-19-10(16)5-9(15)12(18)7-3-6(13)4-8(14)11(7)17/h3-4,9,12,15,17-18H,2,5H2,1H3. The van der Waals surface area contributed by atoms with Gasteiger partial charge in [0.25, 0.3) is 0 Å². The maximum atomic E-state index is 13.1. The van der Waals surface area contributed by atoms with Gasteiger partial charge in [0.15, 0.2) is 11.6 Å². The summed E-state index contributed by atoms with van der Waals surface area (Å²) in [6.07, 6.45) is -4.02. The number of rotatable bonds is 5. The predicted octanol–water partition coefficient (Wildman–Crippen LogP) is 1.02. The van der Waals surface area contributed by atoms with Gasteiger partial charge in [0, 0.05) is 11.6 Å². The Balaban J connectivity index is 2.88. The summed E-state index contributed by atoms with van der Waals surface area (Å²) in [5, 5.41) is 28.6. The Bertz CT molecular complexity index is 464. The first-order valence-electron chi connectivity index (χ1n) is 5.56. The number of carbonyl (C=O) groups is 1. The maximum absolute atomic E-state index is 13.1. The van der Waals surface area contributed by atoms with E-state index in [0.29, 0.717) is 12.1 Å². The summed E-state index contributed by atoms with van der Waals surface area (Å²) in [6, 6.07) is 1.11. The number of esters is 1. The van der Waals surface area contributed by atoms with Crippen LogP contribution in [-0.4, -0.2) is 34.0 Å². The van der Waals surface area contributed by atoms with Gasteiger partial charge in [-0.15, -0.1) is 0 Å². The first-order valence-corrected chi connectivity index (χ1v) is 5.56. The Morgan fingerprint density at radius 1 is 1.37 bits per heavy atom. The lowest BCUT2D eigenvalue weighted by molar-refractivity contribution is -0.147. The molecule has 0 fully saturated rings. The Labute approximate surface area is 108 Å². The number of aromatic hydroxyl groups is 1. The van der Waals surface area contributed by atoms with Crippen LogP contribution in [0.1, 0.15) is 25.0 Å². The molecule has 0 spiro atoms. The topological polar surface area (TPSA) is 87.0 Å². The van der Waals surface area contributed by atoms with Gasteiger partial charge in [-0.05, 0) is 13.0 Å². The summed E-state index contributed by atoms with van der Waals surface area (Å²) in [7, 11) is 0. The van der Waals surface area contributed by atoms with Crippen molar-refractivity contribution in [3.8, 4) is 5.75 Å². The zero-order chi connectivity index (χ0) is 14.6. The van der Waals surface area contributed by atoms with Crippen molar-refractivity contribution >= 4 is 5.97 Å². The fourth-order valence-corrected chi connectivity index (χ4v) is 1.52. The Morgan fingerprint density at radius 2 is 2.00 bits per heavy atom. The van der Waals surface area contributed by atoms with Gasteiger partial charge in [0.1, 0.15) is 11.9 Å². The summed E-state index contributed by atoms with van der Waals surface area (Å²) in [5.41, 5.74) is -0.533. The first kappa shape index (κ1) is 15.3. The zero-order valence-corrected chi connectivity index (χ0v) is 10.1. The van der Waals surface area contributed by atoms with Gasteiger partial charge in [-0.25, -0.2) is 8.78 Å². The first-order chi connectivity index (χ1) is 8.86. The van der Waals surface area contributed by atoms with E-state index in [1.54, 1.807) is 6.92 Å². The largest absolute Gasteiger partial charge is 0.505 e. The van der Waals surface area contributed by atoms with Gasteiger partial charge in [-0.1, -0.05) is 0 Å². The minimum absolute atomic E-state index is 0.0987. The third kappa shape index (κ3) is 3.87. The van der Waals surface area contributed by atoms with E-state index in [4.69, 9.17) is 0 Å². The third-order valence-electron chi connectivity index (χ3n) is 2.42. The van der Waals surface area contributed by atoms with Crippen LogP contribution in [0.15, 0.2) is 12.1 Å². The van der Waals surface area contributed by atoms with E-state index in [2.05, 4.69) is 4.74 Å². The van der Waals surface area contributed by atoms with Crippen molar-refractivity contribution in [1.29, 1.82) is 0 Å². The fourth-order valence-electron chi connectivity index (χ4n) is 1.52. The molecule has 0 bridgehead atoms. The van der Waals surface area contributed by atoms with Gasteiger partial charge >= 0.3 is 5.97 Å². The van der Waals surface area contributed by atoms with Crippen LogP contribution in [-0.2, 0) is 9.53 Å². The van der Waals surface area contributed by atoms with Crippen molar-refractivity contribution in [3.63, 3.8) is 0 Å². The highest BCUT2D eigenvalue weighted by Gasteiger charge is 2.26. The molecule has 1 aromatic rings. The smallest absolute Gasteiger partial charge is 0.308 e. The summed E-state index contributed by atoms with van der Waals surface area (Å²) in [6.45, 7) is 1.66. The molecule has 0 aliphatic carbocycles. The molecule has 0 saturated carbocycles. The number of benzene rings is 1. The molecule has 0 heterocycles. The average molecular weight is 276 g/mol. The molecule has 7 heteroatoms. The molecule has 0 aliphatic rings. The van der Waals surface area contributed by atoms with Gasteiger partial charge in [-0.2, -0.15) is 0 Å². The lowest BCUT2D eigenvalue weighted by Crippen LogP contribution is -2.23. The molecule has 2 unspecified atom stereocenters. The number of hydrogen-bond acceptors (Lipinski definition) is 5. The van der Waals surface area contributed by atoms with Crippen LogP contribution in [0.5, 0.6) is 5.75 Å². The number of hydrogen-bond donors (Lipinski definition) is 3. The number of phenolic OH excluding ortho intramolecular Hbond substituents is 1. The maximum Gasteiger partial charge on any atom is 0.308 e. The number of carbonyl (C=O) groups excluding carboxylic acids is 1. The molecule has 106 valence electrons. The van der Waals surface area contributed by atoms with Gasteiger partial charge in [0.05, 0.1) is 19.1 Å². The Hall–Kier alpha value is -1.73. The third-order valence-corrected chi connectivity index (χ3v) is 2.42. The highest BCUT2D eigenvalue weighted by atomic mass is 19.1. The lowest BCUT2D eigenvalue weighted by Gasteiger charge is -2.18. The van der Waals surface area contributed by atoms with Crippen LogP contribution < -0.4 is 0 Å². The summed E-state index contributed by atoms with van der Waals surface area (Å²) in [4.78, 5) is 11.1. The number of ether oxygens (including phenoxy) is 1. The lowest BCUT2D eigenvalue weighted by atomic mass is 10.0. The second-order valence-electron chi connectivity index (χ2n) is 3.85. The number of halogens is 2. The molecule has 19 heavy (non-hydrogen) atoms. The predicted molar refractivity (Wildman–Crippen MR) is 60.2 cm³/mol. The normalized spacial score (nSPS) is 13.9. The van der Waals surface area contributed by atoms with E-state index < -0.39 is 47.5 Å². The van der Waals surface area contributed by atoms with Crippen LogP contribution in [0, 0.1) is 11.6 Å². The molecular weight excluding hydrogens is 262 g/mol. The molecule has 1 aromatic carbocycles. The Kier molecular flexibility index (Phi) is 5.20. The average Bonchev–Trinajstić information content (AvgIpc) is 2.33. The molecule has 0 aliphatic heterocycles. The minimum atomic E-state index is -1.81. The highest BCUT2D eigenvalue weighted by Crippen LogP contribution is 2.30. The van der Waals surface area contributed by atoms with Crippen molar-refractivity contribution in [1.82, 2.24) is 0 Å². The molecule has 0 radical (unpaired) electrons. The van der Waals surface area contributed by atoms with E-state index >= 15 is 0 Å². The molecule has 0 saturated heterocycles. The van der Waals surface area contributed by atoms with Crippen molar-refractivity contribution in [2.45, 2.75) is 25.6 Å². The molecule has 3 N–H and O–H groups in total. The molecule has 2 atom stereocenters. The molecular formula is C12H14F2O5. The van der Waals surface area contributed by atoms with E-state index in [-0.39, 0.29) is 6.61 Å². The van der Waals surface area contributed by atoms with Crippen molar-refractivity contribution in [2.75, 3.05) is 6.61 Å². The molecule has 0 aromatic heterocycles.